The van der Waals surface area contributed by atoms with Crippen LogP contribution in [0.3, 0.4) is 0 Å². The summed E-state index contributed by atoms with van der Waals surface area (Å²) in [4.78, 5) is 14.5. The zero-order chi connectivity index (χ0) is 13.5. The lowest BCUT2D eigenvalue weighted by Crippen LogP contribution is -2.49. The molecule has 110 valence electrons. The molecule has 2 N–H and O–H groups in total. The summed E-state index contributed by atoms with van der Waals surface area (Å²) in [6.07, 6.45) is 1.64. The van der Waals surface area contributed by atoms with Gasteiger partial charge in [0.2, 0.25) is 0 Å². The van der Waals surface area contributed by atoms with Crippen molar-refractivity contribution in [2.75, 3.05) is 59.0 Å². The van der Waals surface area contributed by atoms with Crippen LogP contribution in [0.25, 0.3) is 0 Å². The summed E-state index contributed by atoms with van der Waals surface area (Å²) < 4.78 is 5.75. The molecule has 2 heterocycles. The number of nitrogens with zero attached hydrogens (tertiary/aromatic N) is 2. The van der Waals surface area contributed by atoms with Crippen molar-refractivity contribution in [3.05, 3.63) is 0 Å². The molecule has 2 fully saturated rings. The quantitative estimate of drug-likeness (QED) is 0.704. The molecule has 0 unspecified atom stereocenters. The molecule has 0 spiro atoms. The lowest BCUT2D eigenvalue weighted by atomic mass is 9.99. The van der Waals surface area contributed by atoms with Gasteiger partial charge in [-0.3, -0.25) is 4.90 Å². The minimum atomic E-state index is -0.804. The molecule has 0 atom stereocenters. The number of nitrogens with one attached hydrogen (secondary N) is 1. The number of piperidine rings is 1. The van der Waals surface area contributed by atoms with E-state index in [1.165, 1.54) is 17.7 Å². The Balaban J connectivity index is 1.51. The molecule has 0 radical (unpaired) electrons. The molecule has 2 saturated heterocycles. The van der Waals surface area contributed by atoms with E-state index in [4.69, 9.17) is 9.84 Å². The maximum Gasteiger partial charge on any atom is 0.407 e. The van der Waals surface area contributed by atoms with Gasteiger partial charge in [-0.2, -0.15) is 0 Å². The number of ether oxygens (including phenoxy) is 1. The van der Waals surface area contributed by atoms with Gasteiger partial charge in [-0.15, -0.1) is 0 Å². The fraction of sp³-hybridized carbons (Fsp3) is 0.923. The molecule has 2 aliphatic heterocycles. The van der Waals surface area contributed by atoms with E-state index in [1.54, 1.807) is 0 Å². The van der Waals surface area contributed by atoms with Crippen molar-refractivity contribution < 1.29 is 14.6 Å². The highest BCUT2D eigenvalue weighted by atomic mass is 16.5. The Kier molecular flexibility index (Phi) is 5.88. The number of hydrogen-bond acceptors (Lipinski definition) is 4. The molecule has 0 bridgehead atoms. The summed E-state index contributed by atoms with van der Waals surface area (Å²) in [5.41, 5.74) is 0. The molecule has 0 saturated carbocycles. The van der Waals surface area contributed by atoms with E-state index in [9.17, 15) is 4.79 Å². The van der Waals surface area contributed by atoms with Gasteiger partial charge in [-0.1, -0.05) is 0 Å². The second-order valence-corrected chi connectivity index (χ2v) is 5.38. The van der Waals surface area contributed by atoms with Gasteiger partial charge in [0.1, 0.15) is 0 Å². The van der Waals surface area contributed by atoms with E-state index < -0.39 is 6.09 Å². The SMILES string of the molecule is O=C(O)N1CCN(CCOCC2CCNCC2)CC1. The second-order valence-electron chi connectivity index (χ2n) is 5.38. The summed E-state index contributed by atoms with van der Waals surface area (Å²) >= 11 is 0. The van der Waals surface area contributed by atoms with Crippen LogP contribution >= 0.6 is 0 Å². The van der Waals surface area contributed by atoms with Gasteiger partial charge in [0.05, 0.1) is 6.61 Å². The molecular weight excluding hydrogens is 246 g/mol. The second kappa shape index (κ2) is 7.67. The largest absolute Gasteiger partial charge is 0.465 e. The number of carboxylic acid groups (broad SMARTS) is 1. The Labute approximate surface area is 114 Å². The number of piperazine rings is 1. The lowest BCUT2D eigenvalue weighted by Gasteiger charge is -2.33. The topological polar surface area (TPSA) is 65.0 Å². The first-order valence-electron chi connectivity index (χ1n) is 7.24. The van der Waals surface area contributed by atoms with Crippen LogP contribution in [0.5, 0.6) is 0 Å². The Morgan fingerprint density at radius 1 is 1.21 bits per heavy atom. The van der Waals surface area contributed by atoms with Gasteiger partial charge in [0.25, 0.3) is 0 Å². The van der Waals surface area contributed by atoms with E-state index in [0.29, 0.717) is 19.0 Å². The fourth-order valence-corrected chi connectivity index (χ4v) is 2.65. The predicted molar refractivity (Wildman–Crippen MR) is 72.5 cm³/mol. The van der Waals surface area contributed by atoms with E-state index in [2.05, 4.69) is 10.2 Å². The molecule has 6 heteroatoms. The van der Waals surface area contributed by atoms with Gasteiger partial charge < -0.3 is 20.1 Å². The van der Waals surface area contributed by atoms with E-state index in [-0.39, 0.29) is 0 Å². The van der Waals surface area contributed by atoms with Crippen molar-refractivity contribution in [1.29, 1.82) is 0 Å². The number of amides is 1. The molecule has 19 heavy (non-hydrogen) atoms. The first kappa shape index (κ1) is 14.6. The van der Waals surface area contributed by atoms with Crippen LogP contribution in [0.1, 0.15) is 12.8 Å². The monoisotopic (exact) mass is 271 g/mol. The zero-order valence-corrected chi connectivity index (χ0v) is 11.5. The molecule has 0 aromatic rings. The average Bonchev–Trinajstić information content (AvgIpc) is 2.45. The highest BCUT2D eigenvalue weighted by Gasteiger charge is 2.20. The molecule has 0 aromatic heterocycles. The van der Waals surface area contributed by atoms with Crippen LogP contribution < -0.4 is 5.32 Å². The van der Waals surface area contributed by atoms with Crippen molar-refractivity contribution in [2.24, 2.45) is 5.92 Å². The molecule has 0 aliphatic carbocycles. The van der Waals surface area contributed by atoms with Gasteiger partial charge in [-0.05, 0) is 31.8 Å². The highest BCUT2D eigenvalue weighted by Crippen LogP contribution is 2.11. The molecule has 0 aromatic carbocycles. The van der Waals surface area contributed by atoms with Gasteiger partial charge in [0.15, 0.2) is 0 Å². The standard InChI is InChI=1S/C13H25N3O3/c17-13(18)16-7-5-15(6-8-16)9-10-19-11-12-1-3-14-4-2-12/h12,14H,1-11H2,(H,17,18). The van der Waals surface area contributed by atoms with Crippen molar-refractivity contribution in [1.82, 2.24) is 15.1 Å². The fourth-order valence-electron chi connectivity index (χ4n) is 2.65. The van der Waals surface area contributed by atoms with Crippen LogP contribution in [0, 0.1) is 5.92 Å². The van der Waals surface area contributed by atoms with E-state index >= 15 is 0 Å². The van der Waals surface area contributed by atoms with Crippen LogP contribution in [0.15, 0.2) is 0 Å². The molecular formula is C13H25N3O3. The number of carbonyl (C=O) groups is 1. The minimum Gasteiger partial charge on any atom is -0.465 e. The van der Waals surface area contributed by atoms with Gasteiger partial charge in [-0.25, -0.2) is 4.79 Å². The smallest absolute Gasteiger partial charge is 0.407 e. The Morgan fingerprint density at radius 2 is 1.89 bits per heavy atom. The zero-order valence-electron chi connectivity index (χ0n) is 11.5. The summed E-state index contributed by atoms with van der Waals surface area (Å²) in [5.74, 6) is 0.713. The summed E-state index contributed by atoms with van der Waals surface area (Å²) in [7, 11) is 0. The third-order valence-electron chi connectivity index (χ3n) is 4.01. The maximum absolute atomic E-state index is 10.8. The number of hydrogen-bond donors (Lipinski definition) is 2. The van der Waals surface area contributed by atoms with Crippen molar-refractivity contribution in [3.8, 4) is 0 Å². The first-order valence-corrected chi connectivity index (χ1v) is 7.24. The molecule has 2 rings (SSSR count). The first-order chi connectivity index (χ1) is 9.25. The summed E-state index contributed by atoms with van der Waals surface area (Å²) in [6, 6.07) is 0. The molecule has 1 amide bonds. The van der Waals surface area contributed by atoms with Crippen LogP contribution in [-0.2, 0) is 4.74 Å². The minimum absolute atomic E-state index is 0.615. The van der Waals surface area contributed by atoms with Crippen LogP contribution in [0.4, 0.5) is 4.79 Å². The maximum atomic E-state index is 10.8. The Morgan fingerprint density at radius 3 is 2.53 bits per heavy atom. The molecule has 2 aliphatic rings. The van der Waals surface area contributed by atoms with Gasteiger partial charge >= 0.3 is 6.09 Å². The van der Waals surface area contributed by atoms with Crippen molar-refractivity contribution in [2.45, 2.75) is 12.8 Å². The van der Waals surface area contributed by atoms with Gasteiger partial charge in [0, 0.05) is 39.3 Å². The molecule has 6 nitrogen and oxygen atoms in total. The van der Waals surface area contributed by atoms with E-state index in [1.807, 2.05) is 0 Å². The predicted octanol–water partition coefficient (Wildman–Crippen LogP) is 0.298. The normalized spacial score (nSPS) is 22.6. The highest BCUT2D eigenvalue weighted by molar-refractivity contribution is 5.65. The van der Waals surface area contributed by atoms with Crippen LogP contribution in [0.2, 0.25) is 0 Å². The third kappa shape index (κ3) is 4.97. The Hall–Kier alpha value is -0.850. The number of rotatable bonds is 5. The van der Waals surface area contributed by atoms with Crippen molar-refractivity contribution in [3.63, 3.8) is 0 Å². The lowest BCUT2D eigenvalue weighted by molar-refractivity contribution is 0.0533. The van der Waals surface area contributed by atoms with Crippen LogP contribution in [-0.4, -0.2) is 80.0 Å². The third-order valence-corrected chi connectivity index (χ3v) is 4.01. The van der Waals surface area contributed by atoms with Crippen molar-refractivity contribution >= 4 is 6.09 Å². The van der Waals surface area contributed by atoms with E-state index in [0.717, 1.165) is 45.9 Å². The summed E-state index contributed by atoms with van der Waals surface area (Å²) in [5, 5.41) is 12.2. The summed E-state index contributed by atoms with van der Waals surface area (Å²) in [6.45, 7) is 7.65. The average molecular weight is 271 g/mol. The Bertz CT molecular complexity index is 274.